The van der Waals surface area contributed by atoms with Crippen molar-refractivity contribution in [2.75, 3.05) is 13.1 Å². The van der Waals surface area contributed by atoms with Crippen molar-refractivity contribution >= 4 is 0 Å². The zero-order valence-electron chi connectivity index (χ0n) is 10.2. The van der Waals surface area contributed by atoms with E-state index in [2.05, 4.69) is 29.6 Å². The van der Waals surface area contributed by atoms with Crippen molar-refractivity contribution in [3.63, 3.8) is 0 Å². The molecule has 0 bridgehead atoms. The van der Waals surface area contributed by atoms with Gasteiger partial charge in [0.2, 0.25) is 0 Å². The van der Waals surface area contributed by atoms with Gasteiger partial charge in [0.25, 0.3) is 0 Å². The van der Waals surface area contributed by atoms with Crippen molar-refractivity contribution in [3.8, 4) is 0 Å². The molecule has 2 heteroatoms. The van der Waals surface area contributed by atoms with E-state index in [0.29, 0.717) is 0 Å². The molecule has 18 heavy (non-hydrogen) atoms. The van der Waals surface area contributed by atoms with Gasteiger partial charge in [-0.25, -0.2) is 4.39 Å². The molecule has 1 nitrogen and oxygen atoms in total. The number of rotatable bonds is 3. The quantitative estimate of drug-likeness (QED) is 0.871. The highest BCUT2D eigenvalue weighted by atomic mass is 19.1. The Bertz CT molecular complexity index is 532. The van der Waals surface area contributed by atoms with Crippen LogP contribution in [0.1, 0.15) is 11.1 Å². The largest absolute Gasteiger partial charge is 0.315 e. The second kappa shape index (κ2) is 4.54. The number of nitrogens with one attached hydrogen (secondary N) is 1. The molecule has 0 aliphatic carbocycles. The second-order valence-corrected chi connectivity index (χ2v) is 5.02. The molecular formula is C16H16FN. The zero-order chi connectivity index (χ0) is 12.4. The van der Waals surface area contributed by atoms with Crippen LogP contribution in [0.5, 0.6) is 0 Å². The van der Waals surface area contributed by atoms with Gasteiger partial charge in [-0.2, -0.15) is 0 Å². The summed E-state index contributed by atoms with van der Waals surface area (Å²) < 4.78 is 13.8. The van der Waals surface area contributed by atoms with E-state index in [1.54, 1.807) is 12.1 Å². The molecular weight excluding hydrogens is 225 g/mol. The third-order valence-corrected chi connectivity index (χ3v) is 3.80. The average Bonchev–Trinajstić information content (AvgIpc) is 2.37. The summed E-state index contributed by atoms with van der Waals surface area (Å²) in [6, 6.07) is 17.5. The predicted molar refractivity (Wildman–Crippen MR) is 71.1 cm³/mol. The molecule has 92 valence electrons. The van der Waals surface area contributed by atoms with Gasteiger partial charge in [0.1, 0.15) is 5.82 Å². The summed E-state index contributed by atoms with van der Waals surface area (Å²) in [5.74, 6) is -0.0975. The maximum absolute atomic E-state index is 13.8. The maximum atomic E-state index is 13.8. The van der Waals surface area contributed by atoms with E-state index < -0.39 is 0 Å². The minimum Gasteiger partial charge on any atom is -0.315 e. The summed E-state index contributed by atoms with van der Waals surface area (Å²) in [6.07, 6.45) is 0.761. The molecule has 0 radical (unpaired) electrons. The third-order valence-electron chi connectivity index (χ3n) is 3.80. The van der Waals surface area contributed by atoms with Crippen molar-refractivity contribution in [2.45, 2.75) is 11.8 Å². The fraction of sp³-hybridized carbons (Fsp3) is 0.250. The minimum atomic E-state index is -0.0975. The lowest BCUT2D eigenvalue weighted by Gasteiger charge is -2.43. The van der Waals surface area contributed by atoms with Gasteiger partial charge in [0, 0.05) is 18.5 Å². The van der Waals surface area contributed by atoms with E-state index in [1.807, 2.05) is 18.2 Å². The van der Waals surface area contributed by atoms with Gasteiger partial charge in [0.15, 0.2) is 0 Å². The number of hydrogen-bond donors (Lipinski definition) is 1. The summed E-state index contributed by atoms with van der Waals surface area (Å²) in [7, 11) is 0. The lowest BCUT2D eigenvalue weighted by molar-refractivity contribution is 0.272. The zero-order valence-corrected chi connectivity index (χ0v) is 10.2. The van der Waals surface area contributed by atoms with E-state index in [-0.39, 0.29) is 11.2 Å². The molecule has 0 unspecified atom stereocenters. The lowest BCUT2D eigenvalue weighted by Crippen LogP contribution is -2.58. The fourth-order valence-corrected chi connectivity index (χ4v) is 2.66. The summed E-state index contributed by atoms with van der Waals surface area (Å²) in [6.45, 7) is 1.84. The molecule has 1 heterocycles. The van der Waals surface area contributed by atoms with Crippen LogP contribution in [-0.4, -0.2) is 13.1 Å². The Hall–Kier alpha value is -1.67. The molecule has 0 atom stereocenters. The van der Waals surface area contributed by atoms with Gasteiger partial charge < -0.3 is 5.32 Å². The topological polar surface area (TPSA) is 12.0 Å². The summed E-state index contributed by atoms with van der Waals surface area (Å²) in [4.78, 5) is 0. The first-order chi connectivity index (χ1) is 8.80. The monoisotopic (exact) mass is 241 g/mol. The van der Waals surface area contributed by atoms with Crippen molar-refractivity contribution in [3.05, 3.63) is 71.5 Å². The van der Waals surface area contributed by atoms with Crippen molar-refractivity contribution in [1.29, 1.82) is 0 Å². The molecule has 3 rings (SSSR count). The maximum Gasteiger partial charge on any atom is 0.126 e. The number of hydrogen-bond acceptors (Lipinski definition) is 1. The minimum absolute atomic E-state index is 0.0590. The van der Waals surface area contributed by atoms with Gasteiger partial charge in [0.05, 0.1) is 0 Å². The summed E-state index contributed by atoms with van der Waals surface area (Å²) >= 11 is 0. The van der Waals surface area contributed by atoms with Gasteiger partial charge in [-0.05, 0) is 23.6 Å². The molecule has 2 aromatic carbocycles. The van der Waals surface area contributed by atoms with Crippen LogP contribution >= 0.6 is 0 Å². The highest BCUT2D eigenvalue weighted by Gasteiger charge is 2.38. The van der Waals surface area contributed by atoms with Crippen LogP contribution in [-0.2, 0) is 11.8 Å². The predicted octanol–water partition coefficient (Wildman–Crippen LogP) is 2.91. The van der Waals surface area contributed by atoms with Gasteiger partial charge >= 0.3 is 0 Å². The number of halogens is 1. The van der Waals surface area contributed by atoms with E-state index in [9.17, 15) is 4.39 Å². The van der Waals surface area contributed by atoms with Crippen molar-refractivity contribution < 1.29 is 4.39 Å². The van der Waals surface area contributed by atoms with Crippen LogP contribution < -0.4 is 5.32 Å². The Morgan fingerprint density at radius 3 is 2.22 bits per heavy atom. The molecule has 1 aliphatic heterocycles. The van der Waals surface area contributed by atoms with Gasteiger partial charge in [-0.15, -0.1) is 0 Å². The van der Waals surface area contributed by atoms with Gasteiger partial charge in [-0.1, -0.05) is 48.5 Å². The average molecular weight is 241 g/mol. The fourth-order valence-electron chi connectivity index (χ4n) is 2.66. The molecule has 1 aliphatic rings. The SMILES string of the molecule is Fc1ccccc1CC1(c2ccccc2)CNC1. The Kier molecular flexibility index (Phi) is 2.88. The first-order valence-corrected chi connectivity index (χ1v) is 6.30. The van der Waals surface area contributed by atoms with Crippen LogP contribution in [0.15, 0.2) is 54.6 Å². The smallest absolute Gasteiger partial charge is 0.126 e. The van der Waals surface area contributed by atoms with Crippen LogP contribution in [0.2, 0.25) is 0 Å². The molecule has 1 saturated heterocycles. The van der Waals surface area contributed by atoms with Gasteiger partial charge in [-0.3, -0.25) is 0 Å². The molecule has 0 saturated carbocycles. The first-order valence-electron chi connectivity index (χ1n) is 6.30. The normalized spacial score (nSPS) is 17.2. The van der Waals surface area contributed by atoms with Crippen LogP contribution in [0, 0.1) is 5.82 Å². The molecule has 2 aromatic rings. The lowest BCUT2D eigenvalue weighted by atomic mass is 9.71. The van der Waals surface area contributed by atoms with Crippen molar-refractivity contribution in [2.24, 2.45) is 0 Å². The van der Waals surface area contributed by atoms with Crippen LogP contribution in [0.25, 0.3) is 0 Å². The molecule has 1 N–H and O–H groups in total. The third kappa shape index (κ3) is 1.93. The summed E-state index contributed by atoms with van der Waals surface area (Å²) in [5.41, 5.74) is 2.17. The standard InChI is InChI=1S/C16H16FN/c17-15-9-5-4-6-13(15)10-16(11-18-12-16)14-7-2-1-3-8-14/h1-9,18H,10-12H2. The Balaban J connectivity index is 1.92. The second-order valence-electron chi connectivity index (χ2n) is 5.02. The van der Waals surface area contributed by atoms with E-state index in [0.717, 1.165) is 25.1 Å². The highest BCUT2D eigenvalue weighted by Crippen LogP contribution is 2.32. The van der Waals surface area contributed by atoms with Crippen LogP contribution in [0.4, 0.5) is 4.39 Å². The molecule has 0 aromatic heterocycles. The van der Waals surface area contributed by atoms with Crippen LogP contribution in [0.3, 0.4) is 0 Å². The highest BCUT2D eigenvalue weighted by molar-refractivity contribution is 5.33. The molecule has 1 fully saturated rings. The first kappa shape index (κ1) is 11.4. The summed E-state index contributed by atoms with van der Waals surface area (Å²) in [5, 5.41) is 3.32. The van der Waals surface area contributed by atoms with E-state index in [4.69, 9.17) is 0 Å². The Labute approximate surface area is 107 Å². The van der Waals surface area contributed by atoms with Crippen molar-refractivity contribution in [1.82, 2.24) is 5.32 Å². The Morgan fingerprint density at radius 2 is 1.61 bits per heavy atom. The Morgan fingerprint density at radius 1 is 0.944 bits per heavy atom. The molecule has 0 amide bonds. The number of benzene rings is 2. The molecule has 0 spiro atoms. The van der Waals surface area contributed by atoms with E-state index >= 15 is 0 Å². The van der Waals surface area contributed by atoms with E-state index in [1.165, 1.54) is 5.56 Å².